The molecule has 0 aliphatic carbocycles. The Labute approximate surface area is 99.7 Å². The van der Waals surface area contributed by atoms with Crippen LogP contribution in [0.1, 0.15) is 21.7 Å². The van der Waals surface area contributed by atoms with Crippen LogP contribution in [0.3, 0.4) is 0 Å². The quantitative estimate of drug-likeness (QED) is 0.868. The van der Waals surface area contributed by atoms with Gasteiger partial charge in [-0.1, -0.05) is 6.07 Å². The first-order valence-electron chi connectivity index (χ1n) is 5.36. The summed E-state index contributed by atoms with van der Waals surface area (Å²) in [5.74, 6) is -0.136. The zero-order valence-corrected chi connectivity index (χ0v) is 9.55. The fourth-order valence-corrected chi connectivity index (χ4v) is 1.38. The molecule has 86 valence electrons. The van der Waals surface area contributed by atoms with Gasteiger partial charge in [0.25, 0.3) is 5.91 Å². The van der Waals surface area contributed by atoms with Gasteiger partial charge in [-0.25, -0.2) is 0 Å². The van der Waals surface area contributed by atoms with E-state index in [0.29, 0.717) is 12.1 Å². The Balaban J connectivity index is 1.96. The van der Waals surface area contributed by atoms with Gasteiger partial charge in [0.05, 0.1) is 17.8 Å². The standard InChI is InChI=1S/C13H13N3O/c1-10-5-6-11(8-15-10)13(17)16-9-12-4-2-3-7-14-12/h2-8H,9H2,1H3,(H,16,17). The van der Waals surface area contributed by atoms with E-state index in [4.69, 9.17) is 0 Å². The normalized spacial score (nSPS) is 9.94. The van der Waals surface area contributed by atoms with Gasteiger partial charge in [0.2, 0.25) is 0 Å². The van der Waals surface area contributed by atoms with E-state index in [1.54, 1.807) is 18.5 Å². The van der Waals surface area contributed by atoms with Crippen molar-refractivity contribution in [2.24, 2.45) is 0 Å². The summed E-state index contributed by atoms with van der Waals surface area (Å²) in [6, 6.07) is 9.18. The van der Waals surface area contributed by atoms with Gasteiger partial charge in [-0.2, -0.15) is 0 Å². The highest BCUT2D eigenvalue weighted by atomic mass is 16.1. The zero-order chi connectivity index (χ0) is 12.1. The highest BCUT2D eigenvalue weighted by Gasteiger charge is 2.05. The average Bonchev–Trinajstić information content (AvgIpc) is 2.38. The van der Waals surface area contributed by atoms with Crippen molar-refractivity contribution in [3.63, 3.8) is 0 Å². The van der Waals surface area contributed by atoms with Crippen molar-refractivity contribution in [2.45, 2.75) is 13.5 Å². The largest absolute Gasteiger partial charge is 0.346 e. The molecule has 0 aromatic carbocycles. The van der Waals surface area contributed by atoms with Crippen LogP contribution >= 0.6 is 0 Å². The van der Waals surface area contributed by atoms with Crippen LogP contribution in [-0.2, 0) is 6.54 Å². The summed E-state index contributed by atoms with van der Waals surface area (Å²) in [4.78, 5) is 20.0. The molecule has 0 unspecified atom stereocenters. The second-order valence-corrected chi connectivity index (χ2v) is 3.69. The van der Waals surface area contributed by atoms with E-state index < -0.39 is 0 Å². The van der Waals surface area contributed by atoms with Crippen LogP contribution in [0.25, 0.3) is 0 Å². The Bertz CT molecular complexity index is 494. The molecule has 0 fully saturated rings. The van der Waals surface area contributed by atoms with Crippen molar-refractivity contribution in [1.29, 1.82) is 0 Å². The Morgan fingerprint density at radius 3 is 2.76 bits per heavy atom. The molecule has 17 heavy (non-hydrogen) atoms. The van der Waals surface area contributed by atoms with E-state index in [-0.39, 0.29) is 5.91 Å². The Kier molecular flexibility index (Phi) is 3.45. The monoisotopic (exact) mass is 227 g/mol. The lowest BCUT2D eigenvalue weighted by Crippen LogP contribution is -2.23. The van der Waals surface area contributed by atoms with Crippen LogP contribution in [-0.4, -0.2) is 15.9 Å². The molecular formula is C13H13N3O. The molecule has 0 saturated heterocycles. The molecule has 4 nitrogen and oxygen atoms in total. The third-order valence-electron chi connectivity index (χ3n) is 2.33. The Morgan fingerprint density at radius 2 is 2.12 bits per heavy atom. The number of rotatable bonds is 3. The van der Waals surface area contributed by atoms with Crippen LogP contribution in [0, 0.1) is 6.92 Å². The number of carbonyl (C=O) groups is 1. The van der Waals surface area contributed by atoms with E-state index in [1.165, 1.54) is 0 Å². The van der Waals surface area contributed by atoms with Crippen molar-refractivity contribution in [3.8, 4) is 0 Å². The molecular weight excluding hydrogens is 214 g/mol. The van der Waals surface area contributed by atoms with Crippen molar-refractivity contribution >= 4 is 5.91 Å². The Morgan fingerprint density at radius 1 is 1.24 bits per heavy atom. The average molecular weight is 227 g/mol. The topological polar surface area (TPSA) is 54.9 Å². The zero-order valence-electron chi connectivity index (χ0n) is 9.55. The van der Waals surface area contributed by atoms with Gasteiger partial charge < -0.3 is 5.32 Å². The second kappa shape index (κ2) is 5.21. The minimum absolute atomic E-state index is 0.136. The van der Waals surface area contributed by atoms with E-state index in [1.807, 2.05) is 31.2 Å². The fraction of sp³-hybridized carbons (Fsp3) is 0.154. The lowest BCUT2D eigenvalue weighted by molar-refractivity contribution is 0.0950. The molecule has 0 bridgehead atoms. The molecule has 2 heterocycles. The maximum absolute atomic E-state index is 11.8. The van der Waals surface area contributed by atoms with Crippen molar-refractivity contribution in [1.82, 2.24) is 15.3 Å². The number of hydrogen-bond acceptors (Lipinski definition) is 3. The summed E-state index contributed by atoms with van der Waals surface area (Å²) < 4.78 is 0. The van der Waals surface area contributed by atoms with Crippen LogP contribution in [0.15, 0.2) is 42.7 Å². The SMILES string of the molecule is Cc1ccc(C(=O)NCc2ccccn2)cn1. The second-order valence-electron chi connectivity index (χ2n) is 3.69. The molecule has 0 atom stereocenters. The molecule has 2 aromatic rings. The number of aryl methyl sites for hydroxylation is 1. The van der Waals surface area contributed by atoms with Crippen molar-refractivity contribution < 1.29 is 4.79 Å². The minimum atomic E-state index is -0.136. The van der Waals surface area contributed by atoms with Gasteiger partial charge in [-0.3, -0.25) is 14.8 Å². The van der Waals surface area contributed by atoms with Gasteiger partial charge in [-0.15, -0.1) is 0 Å². The van der Waals surface area contributed by atoms with E-state index >= 15 is 0 Å². The summed E-state index contributed by atoms with van der Waals surface area (Å²) in [7, 11) is 0. The highest BCUT2D eigenvalue weighted by Crippen LogP contribution is 2.00. The van der Waals surface area contributed by atoms with Gasteiger partial charge in [0.1, 0.15) is 0 Å². The van der Waals surface area contributed by atoms with Crippen molar-refractivity contribution in [3.05, 3.63) is 59.7 Å². The summed E-state index contributed by atoms with van der Waals surface area (Å²) >= 11 is 0. The van der Waals surface area contributed by atoms with Crippen LogP contribution in [0.5, 0.6) is 0 Å². The molecule has 2 rings (SSSR count). The number of nitrogens with one attached hydrogen (secondary N) is 1. The van der Waals surface area contributed by atoms with Gasteiger partial charge in [0, 0.05) is 18.1 Å². The van der Waals surface area contributed by atoms with E-state index in [2.05, 4.69) is 15.3 Å². The number of hydrogen-bond donors (Lipinski definition) is 1. The molecule has 2 aromatic heterocycles. The molecule has 1 amide bonds. The first-order chi connectivity index (χ1) is 8.25. The number of pyridine rings is 2. The minimum Gasteiger partial charge on any atom is -0.346 e. The van der Waals surface area contributed by atoms with Gasteiger partial charge >= 0.3 is 0 Å². The third-order valence-corrected chi connectivity index (χ3v) is 2.33. The Hall–Kier alpha value is -2.23. The van der Waals surface area contributed by atoms with Crippen LogP contribution in [0.2, 0.25) is 0 Å². The number of aromatic nitrogens is 2. The molecule has 4 heteroatoms. The lowest BCUT2D eigenvalue weighted by atomic mass is 10.2. The summed E-state index contributed by atoms with van der Waals surface area (Å²) in [6.45, 7) is 2.31. The van der Waals surface area contributed by atoms with Crippen LogP contribution < -0.4 is 5.32 Å². The first kappa shape index (κ1) is 11.3. The summed E-state index contributed by atoms with van der Waals surface area (Å²) in [5.41, 5.74) is 2.29. The molecule has 0 radical (unpaired) electrons. The molecule has 0 aliphatic rings. The first-order valence-corrected chi connectivity index (χ1v) is 5.36. The predicted octanol–water partition coefficient (Wildman–Crippen LogP) is 1.72. The number of amides is 1. The maximum atomic E-state index is 11.8. The van der Waals surface area contributed by atoms with E-state index in [9.17, 15) is 4.79 Å². The number of nitrogens with zero attached hydrogens (tertiary/aromatic N) is 2. The molecule has 1 N–H and O–H groups in total. The summed E-state index contributed by atoms with van der Waals surface area (Å²) in [5, 5.41) is 2.79. The van der Waals surface area contributed by atoms with Gasteiger partial charge in [0.15, 0.2) is 0 Å². The predicted molar refractivity (Wildman–Crippen MR) is 64.4 cm³/mol. The smallest absolute Gasteiger partial charge is 0.253 e. The fourth-order valence-electron chi connectivity index (χ4n) is 1.38. The molecule has 0 aliphatic heterocycles. The van der Waals surface area contributed by atoms with E-state index in [0.717, 1.165) is 11.4 Å². The highest BCUT2D eigenvalue weighted by molar-refractivity contribution is 5.93. The summed E-state index contributed by atoms with van der Waals surface area (Å²) in [6.07, 6.45) is 3.28. The molecule has 0 spiro atoms. The maximum Gasteiger partial charge on any atom is 0.253 e. The van der Waals surface area contributed by atoms with Crippen LogP contribution in [0.4, 0.5) is 0 Å². The lowest BCUT2D eigenvalue weighted by Gasteiger charge is -2.04. The van der Waals surface area contributed by atoms with Gasteiger partial charge in [-0.05, 0) is 31.2 Å². The number of carbonyl (C=O) groups excluding carboxylic acids is 1. The molecule has 0 saturated carbocycles. The third kappa shape index (κ3) is 3.11. The van der Waals surface area contributed by atoms with Crippen molar-refractivity contribution in [2.75, 3.05) is 0 Å².